The standard InChI is InChI=1S/C29H33F3N4O5/c1-2-3-9-25-33-18-24(27(38)34-23(17-26(37)35-40)16-20-7-5-4-6-8-20)36(25)19-21-10-12-22(13-11-21)28(39)41-15-14-29(30,31)32/h4-8,10-13,18,23,40H,2-3,9,14-17,19H2,1H3,(H,34,38)(H,35,37). The molecule has 41 heavy (non-hydrogen) atoms. The third-order valence-electron chi connectivity index (χ3n) is 6.29. The van der Waals surface area contributed by atoms with E-state index in [0.29, 0.717) is 18.7 Å². The number of aryl methyl sites for hydroxylation is 1. The molecule has 220 valence electrons. The number of esters is 1. The van der Waals surface area contributed by atoms with Gasteiger partial charge < -0.3 is 14.6 Å². The summed E-state index contributed by atoms with van der Waals surface area (Å²) in [5, 5.41) is 11.9. The van der Waals surface area contributed by atoms with E-state index < -0.39 is 43.0 Å². The summed E-state index contributed by atoms with van der Waals surface area (Å²) >= 11 is 0. The van der Waals surface area contributed by atoms with Crippen LogP contribution < -0.4 is 10.8 Å². The molecule has 1 unspecified atom stereocenters. The number of hydrogen-bond donors (Lipinski definition) is 3. The number of nitrogens with zero attached hydrogens (tertiary/aromatic N) is 2. The van der Waals surface area contributed by atoms with Crippen LogP contribution in [0.2, 0.25) is 0 Å². The molecule has 3 aromatic rings. The van der Waals surface area contributed by atoms with E-state index in [4.69, 9.17) is 9.94 Å². The Morgan fingerprint density at radius 2 is 1.76 bits per heavy atom. The van der Waals surface area contributed by atoms with Gasteiger partial charge in [-0.25, -0.2) is 15.3 Å². The van der Waals surface area contributed by atoms with Crippen LogP contribution in [0.1, 0.15) is 70.4 Å². The summed E-state index contributed by atoms with van der Waals surface area (Å²) in [6.07, 6.45) is -1.58. The summed E-state index contributed by atoms with van der Waals surface area (Å²) in [6.45, 7) is 1.52. The van der Waals surface area contributed by atoms with Crippen LogP contribution in [0.5, 0.6) is 0 Å². The van der Waals surface area contributed by atoms with E-state index in [2.05, 4.69) is 10.3 Å². The Hall–Kier alpha value is -4.19. The van der Waals surface area contributed by atoms with Crippen molar-refractivity contribution >= 4 is 17.8 Å². The highest BCUT2D eigenvalue weighted by atomic mass is 19.4. The van der Waals surface area contributed by atoms with Crippen molar-refractivity contribution in [3.05, 3.63) is 89.0 Å². The molecule has 9 nitrogen and oxygen atoms in total. The zero-order chi connectivity index (χ0) is 29.8. The van der Waals surface area contributed by atoms with Gasteiger partial charge in [-0.2, -0.15) is 13.2 Å². The predicted octanol–water partition coefficient (Wildman–Crippen LogP) is 4.62. The lowest BCUT2D eigenvalue weighted by Gasteiger charge is -2.19. The number of hydrogen-bond acceptors (Lipinski definition) is 6. The quantitative estimate of drug-likeness (QED) is 0.147. The first-order chi connectivity index (χ1) is 19.6. The van der Waals surface area contributed by atoms with Crippen LogP contribution in [-0.2, 0) is 28.9 Å². The minimum absolute atomic E-state index is 0.108. The van der Waals surface area contributed by atoms with Crippen molar-refractivity contribution < 1.29 is 37.5 Å². The highest BCUT2D eigenvalue weighted by molar-refractivity contribution is 5.93. The summed E-state index contributed by atoms with van der Waals surface area (Å²) in [4.78, 5) is 41.9. The van der Waals surface area contributed by atoms with Crippen LogP contribution in [0.15, 0.2) is 60.8 Å². The number of benzene rings is 2. The van der Waals surface area contributed by atoms with Gasteiger partial charge in [0.15, 0.2) is 0 Å². The van der Waals surface area contributed by atoms with Crippen LogP contribution in [0.25, 0.3) is 0 Å². The van der Waals surface area contributed by atoms with Gasteiger partial charge in [0.2, 0.25) is 5.91 Å². The molecule has 1 atom stereocenters. The molecule has 0 radical (unpaired) electrons. The molecule has 0 saturated carbocycles. The van der Waals surface area contributed by atoms with Gasteiger partial charge in [0, 0.05) is 25.4 Å². The van der Waals surface area contributed by atoms with Crippen molar-refractivity contribution in [3.63, 3.8) is 0 Å². The van der Waals surface area contributed by atoms with Crippen molar-refractivity contribution in [1.29, 1.82) is 0 Å². The number of ether oxygens (including phenoxy) is 1. The van der Waals surface area contributed by atoms with E-state index in [1.165, 1.54) is 18.3 Å². The second kappa shape index (κ2) is 15.0. The second-order valence-corrected chi connectivity index (χ2v) is 9.55. The highest BCUT2D eigenvalue weighted by Crippen LogP contribution is 2.20. The van der Waals surface area contributed by atoms with Gasteiger partial charge in [-0.15, -0.1) is 0 Å². The minimum Gasteiger partial charge on any atom is -0.462 e. The van der Waals surface area contributed by atoms with E-state index in [0.717, 1.165) is 24.0 Å². The number of amides is 2. The number of hydroxylamine groups is 1. The van der Waals surface area contributed by atoms with E-state index >= 15 is 0 Å². The Labute approximate surface area is 235 Å². The highest BCUT2D eigenvalue weighted by Gasteiger charge is 2.27. The first-order valence-electron chi connectivity index (χ1n) is 13.2. The molecule has 12 heteroatoms. The molecule has 2 aromatic carbocycles. The maximum absolute atomic E-state index is 13.4. The lowest BCUT2D eigenvalue weighted by Crippen LogP contribution is -2.41. The molecule has 0 spiro atoms. The van der Waals surface area contributed by atoms with Crippen molar-refractivity contribution in [3.8, 4) is 0 Å². The number of halogens is 3. The fourth-order valence-electron chi connectivity index (χ4n) is 4.18. The Bertz CT molecular complexity index is 1290. The van der Waals surface area contributed by atoms with Gasteiger partial charge in [0.25, 0.3) is 5.91 Å². The van der Waals surface area contributed by atoms with E-state index in [-0.39, 0.29) is 24.2 Å². The number of carbonyl (C=O) groups excluding carboxylic acids is 3. The van der Waals surface area contributed by atoms with Crippen LogP contribution in [0, 0.1) is 0 Å². The maximum Gasteiger partial charge on any atom is 0.392 e. The van der Waals surface area contributed by atoms with Gasteiger partial charge in [-0.3, -0.25) is 14.8 Å². The molecule has 3 N–H and O–H groups in total. The Morgan fingerprint density at radius 1 is 1.05 bits per heavy atom. The fraction of sp³-hybridized carbons (Fsp3) is 0.379. The molecule has 1 aromatic heterocycles. The molecule has 1 heterocycles. The number of alkyl halides is 3. The Morgan fingerprint density at radius 3 is 2.39 bits per heavy atom. The van der Waals surface area contributed by atoms with Crippen molar-refractivity contribution in [2.24, 2.45) is 0 Å². The maximum atomic E-state index is 13.4. The van der Waals surface area contributed by atoms with E-state index in [1.54, 1.807) is 22.2 Å². The van der Waals surface area contributed by atoms with Crippen LogP contribution >= 0.6 is 0 Å². The summed E-state index contributed by atoms with van der Waals surface area (Å²) in [6, 6.07) is 14.9. The number of carbonyl (C=O) groups is 3. The van der Waals surface area contributed by atoms with Gasteiger partial charge in [-0.05, 0) is 36.1 Å². The molecular weight excluding hydrogens is 541 g/mol. The molecule has 0 bridgehead atoms. The summed E-state index contributed by atoms with van der Waals surface area (Å²) in [7, 11) is 0. The molecule has 0 aliphatic carbocycles. The van der Waals surface area contributed by atoms with Crippen molar-refractivity contribution in [1.82, 2.24) is 20.3 Å². The second-order valence-electron chi connectivity index (χ2n) is 9.55. The topological polar surface area (TPSA) is 123 Å². The number of nitrogens with one attached hydrogen (secondary N) is 2. The van der Waals surface area contributed by atoms with Gasteiger partial charge in [-0.1, -0.05) is 55.8 Å². The van der Waals surface area contributed by atoms with Crippen molar-refractivity contribution in [2.45, 2.75) is 64.2 Å². The third kappa shape index (κ3) is 10.1. The summed E-state index contributed by atoms with van der Waals surface area (Å²) in [5.41, 5.74) is 3.61. The summed E-state index contributed by atoms with van der Waals surface area (Å²) in [5.74, 6) is -1.26. The SMILES string of the molecule is CCCCc1ncc(C(=O)NC(CC(=O)NO)Cc2ccccc2)n1Cc1ccc(C(=O)OCCC(F)(F)F)cc1. The molecule has 2 amide bonds. The number of unbranched alkanes of at least 4 members (excludes halogenated alkanes) is 1. The van der Waals surface area contributed by atoms with E-state index in [1.807, 2.05) is 37.3 Å². The number of aromatic nitrogens is 2. The fourth-order valence-corrected chi connectivity index (χ4v) is 4.18. The smallest absolute Gasteiger partial charge is 0.392 e. The molecule has 0 fully saturated rings. The molecular formula is C29H33F3N4O5. The van der Waals surface area contributed by atoms with E-state index in [9.17, 15) is 27.6 Å². The minimum atomic E-state index is -4.42. The first-order valence-corrected chi connectivity index (χ1v) is 13.2. The lowest BCUT2D eigenvalue weighted by molar-refractivity contribution is -0.141. The monoisotopic (exact) mass is 574 g/mol. The van der Waals surface area contributed by atoms with Gasteiger partial charge in [0.1, 0.15) is 18.1 Å². The first kappa shape index (κ1) is 31.3. The lowest BCUT2D eigenvalue weighted by atomic mass is 10.0. The van der Waals surface area contributed by atoms with Gasteiger partial charge >= 0.3 is 12.1 Å². The average Bonchev–Trinajstić information content (AvgIpc) is 3.34. The van der Waals surface area contributed by atoms with Crippen LogP contribution in [0.3, 0.4) is 0 Å². The predicted molar refractivity (Wildman–Crippen MR) is 143 cm³/mol. The Balaban J connectivity index is 1.77. The molecule has 0 aliphatic heterocycles. The van der Waals surface area contributed by atoms with Gasteiger partial charge in [0.05, 0.1) is 18.2 Å². The molecule has 0 aliphatic rings. The zero-order valence-electron chi connectivity index (χ0n) is 22.6. The number of imidazole rings is 1. The summed E-state index contributed by atoms with van der Waals surface area (Å²) < 4.78 is 43.4. The molecule has 3 rings (SSSR count). The largest absolute Gasteiger partial charge is 0.462 e. The average molecular weight is 575 g/mol. The Kier molecular flexibility index (Phi) is 11.5. The van der Waals surface area contributed by atoms with Crippen molar-refractivity contribution in [2.75, 3.05) is 6.61 Å². The zero-order valence-corrected chi connectivity index (χ0v) is 22.6. The third-order valence-corrected chi connectivity index (χ3v) is 6.29. The van der Waals surface area contributed by atoms with Crippen LogP contribution in [-0.4, -0.2) is 51.4 Å². The normalized spacial score (nSPS) is 12.0. The number of rotatable bonds is 14. The molecule has 0 saturated heterocycles. The van der Waals surface area contributed by atoms with Crippen LogP contribution in [0.4, 0.5) is 13.2 Å².